The van der Waals surface area contributed by atoms with Crippen molar-refractivity contribution in [3.8, 4) is 0 Å². The Hall–Kier alpha value is -1.12. The summed E-state index contributed by atoms with van der Waals surface area (Å²) in [4.78, 5) is 2.28. The maximum atomic E-state index is 5.45. The molecule has 1 fully saturated rings. The zero-order valence-electron chi connectivity index (χ0n) is 8.23. The van der Waals surface area contributed by atoms with E-state index < -0.39 is 0 Å². The molecule has 2 nitrogen and oxygen atoms in total. The van der Waals surface area contributed by atoms with Crippen LogP contribution in [0.4, 0.5) is 0 Å². The summed E-state index contributed by atoms with van der Waals surface area (Å²) < 4.78 is 5.45. The van der Waals surface area contributed by atoms with Crippen molar-refractivity contribution in [1.82, 2.24) is 4.90 Å². The van der Waals surface area contributed by atoms with Crippen molar-refractivity contribution in [3.05, 3.63) is 48.6 Å². The molecule has 0 bridgehead atoms. The van der Waals surface area contributed by atoms with E-state index in [0.29, 0.717) is 12.8 Å². The van der Waals surface area contributed by atoms with Crippen molar-refractivity contribution in [1.29, 1.82) is 0 Å². The highest BCUT2D eigenvalue weighted by Gasteiger charge is 2.25. The Bertz CT molecular complexity index is 296. The van der Waals surface area contributed by atoms with E-state index in [0.717, 1.165) is 13.2 Å². The first-order valence-electron chi connectivity index (χ1n) is 4.89. The molecule has 0 spiro atoms. The number of benzene rings is 1. The second kappa shape index (κ2) is 4.40. The topological polar surface area (TPSA) is 12.5 Å². The van der Waals surface area contributed by atoms with Crippen molar-refractivity contribution in [2.45, 2.75) is 6.04 Å². The summed E-state index contributed by atoms with van der Waals surface area (Å²) in [5, 5.41) is 0. The van der Waals surface area contributed by atoms with Gasteiger partial charge in [-0.2, -0.15) is 0 Å². The van der Waals surface area contributed by atoms with Crippen LogP contribution >= 0.6 is 0 Å². The van der Waals surface area contributed by atoms with Crippen molar-refractivity contribution >= 4 is 0 Å². The van der Waals surface area contributed by atoms with Gasteiger partial charge in [-0.25, -0.2) is 0 Å². The number of hydrogen-bond donors (Lipinski definition) is 0. The van der Waals surface area contributed by atoms with Crippen LogP contribution in [0.1, 0.15) is 11.6 Å². The molecular weight excluding hydrogens is 174 g/mol. The van der Waals surface area contributed by atoms with Gasteiger partial charge < -0.3 is 4.74 Å². The largest absolute Gasteiger partial charge is 0.364 e. The zero-order chi connectivity index (χ0) is 9.80. The lowest BCUT2D eigenvalue weighted by Crippen LogP contribution is -2.24. The van der Waals surface area contributed by atoms with Crippen molar-refractivity contribution in [2.75, 3.05) is 19.9 Å². The molecule has 1 heterocycles. The lowest BCUT2D eigenvalue weighted by atomic mass is 10.1. The lowest BCUT2D eigenvalue weighted by molar-refractivity contribution is 0.146. The molecule has 14 heavy (non-hydrogen) atoms. The molecular formula is C12H15NO. The van der Waals surface area contributed by atoms with Crippen LogP contribution in [0.25, 0.3) is 0 Å². The second-order valence-corrected chi connectivity index (χ2v) is 3.49. The molecule has 0 radical (unpaired) electrons. The molecule has 1 aliphatic rings. The van der Waals surface area contributed by atoms with Crippen LogP contribution in [0.5, 0.6) is 0 Å². The van der Waals surface area contributed by atoms with Gasteiger partial charge in [0.15, 0.2) is 0 Å². The molecule has 0 N–H and O–H groups in total. The van der Waals surface area contributed by atoms with Crippen molar-refractivity contribution < 1.29 is 4.74 Å². The molecule has 1 saturated heterocycles. The highest BCUT2D eigenvalue weighted by atomic mass is 16.5. The molecule has 0 unspecified atom stereocenters. The van der Waals surface area contributed by atoms with Gasteiger partial charge >= 0.3 is 0 Å². The number of nitrogens with zero attached hydrogens (tertiary/aromatic N) is 1. The van der Waals surface area contributed by atoms with E-state index in [9.17, 15) is 0 Å². The lowest BCUT2D eigenvalue weighted by Gasteiger charge is -2.20. The summed E-state index contributed by atoms with van der Waals surface area (Å²) in [6, 6.07) is 10.9. The quantitative estimate of drug-likeness (QED) is 0.676. The van der Waals surface area contributed by atoms with Gasteiger partial charge in [-0.3, -0.25) is 4.90 Å². The summed E-state index contributed by atoms with van der Waals surface area (Å²) >= 11 is 0. The first-order valence-corrected chi connectivity index (χ1v) is 4.89. The Balaban J connectivity index is 2.13. The summed E-state index contributed by atoms with van der Waals surface area (Å²) in [6.07, 6.45) is 1.92. The molecule has 1 aromatic carbocycles. The van der Waals surface area contributed by atoms with Gasteiger partial charge in [0.05, 0.1) is 19.4 Å². The van der Waals surface area contributed by atoms with Crippen LogP contribution in [-0.4, -0.2) is 24.8 Å². The fraction of sp³-hybridized carbons (Fsp3) is 0.333. The smallest absolute Gasteiger partial charge is 0.0999 e. The van der Waals surface area contributed by atoms with Crippen LogP contribution in [0, 0.1) is 0 Å². The highest BCUT2D eigenvalue weighted by Crippen LogP contribution is 2.25. The minimum absolute atomic E-state index is 0.397. The Kier molecular flexibility index (Phi) is 2.96. The predicted octanol–water partition coefficient (Wildman–Crippen LogP) is 2.20. The summed E-state index contributed by atoms with van der Waals surface area (Å²) in [5.41, 5.74) is 1.33. The predicted molar refractivity (Wildman–Crippen MR) is 56.9 cm³/mol. The SMILES string of the molecule is C=CCN1COC[C@@H]1c1ccccc1. The average molecular weight is 189 g/mol. The molecule has 1 aliphatic heterocycles. The van der Waals surface area contributed by atoms with Crippen molar-refractivity contribution in [3.63, 3.8) is 0 Å². The molecule has 1 atom stereocenters. The molecule has 0 aromatic heterocycles. The van der Waals surface area contributed by atoms with E-state index >= 15 is 0 Å². The summed E-state index contributed by atoms with van der Waals surface area (Å²) in [7, 11) is 0. The minimum Gasteiger partial charge on any atom is -0.364 e. The van der Waals surface area contributed by atoms with E-state index in [1.54, 1.807) is 0 Å². The molecule has 0 amide bonds. The number of ether oxygens (including phenoxy) is 1. The maximum absolute atomic E-state index is 5.45. The van der Waals surface area contributed by atoms with Gasteiger partial charge in [0, 0.05) is 6.54 Å². The fourth-order valence-electron chi connectivity index (χ4n) is 1.80. The van der Waals surface area contributed by atoms with Gasteiger partial charge in [-0.1, -0.05) is 36.4 Å². The molecule has 2 heteroatoms. The van der Waals surface area contributed by atoms with Gasteiger partial charge in [-0.05, 0) is 5.56 Å². The van der Waals surface area contributed by atoms with Gasteiger partial charge in [0.2, 0.25) is 0 Å². The standard InChI is InChI=1S/C12H15NO/c1-2-8-13-10-14-9-12(13)11-6-4-3-5-7-11/h2-7,12H,1,8-10H2/t12-/m1/s1. The Labute approximate surface area is 84.8 Å². The molecule has 1 aromatic rings. The van der Waals surface area contributed by atoms with E-state index in [1.165, 1.54) is 5.56 Å². The maximum Gasteiger partial charge on any atom is 0.0999 e. The van der Waals surface area contributed by atoms with Gasteiger partial charge in [0.25, 0.3) is 0 Å². The Morgan fingerprint density at radius 1 is 1.43 bits per heavy atom. The number of hydrogen-bond acceptors (Lipinski definition) is 2. The van der Waals surface area contributed by atoms with Crippen molar-refractivity contribution in [2.24, 2.45) is 0 Å². The van der Waals surface area contributed by atoms with Crippen LogP contribution in [0.2, 0.25) is 0 Å². The number of rotatable bonds is 3. The summed E-state index contributed by atoms with van der Waals surface area (Å²) in [6.45, 7) is 6.15. The summed E-state index contributed by atoms with van der Waals surface area (Å²) in [5.74, 6) is 0. The first kappa shape index (κ1) is 9.44. The molecule has 2 rings (SSSR count). The third-order valence-corrected chi connectivity index (χ3v) is 2.52. The van der Waals surface area contributed by atoms with Gasteiger partial charge in [0.1, 0.15) is 0 Å². The third-order valence-electron chi connectivity index (χ3n) is 2.52. The molecule has 0 aliphatic carbocycles. The van der Waals surface area contributed by atoms with E-state index in [-0.39, 0.29) is 0 Å². The van der Waals surface area contributed by atoms with Crippen LogP contribution < -0.4 is 0 Å². The van der Waals surface area contributed by atoms with E-state index in [4.69, 9.17) is 4.74 Å². The Morgan fingerprint density at radius 2 is 2.21 bits per heavy atom. The Morgan fingerprint density at radius 3 is 2.93 bits per heavy atom. The second-order valence-electron chi connectivity index (χ2n) is 3.49. The average Bonchev–Trinajstić information content (AvgIpc) is 2.68. The normalized spacial score (nSPS) is 22.4. The van der Waals surface area contributed by atoms with Gasteiger partial charge in [-0.15, -0.1) is 6.58 Å². The van der Waals surface area contributed by atoms with E-state index in [2.05, 4.69) is 35.7 Å². The minimum atomic E-state index is 0.397. The van der Waals surface area contributed by atoms with E-state index in [1.807, 2.05) is 12.1 Å². The molecule has 74 valence electrons. The fourth-order valence-corrected chi connectivity index (χ4v) is 1.80. The molecule has 0 saturated carbocycles. The highest BCUT2D eigenvalue weighted by molar-refractivity contribution is 5.19. The monoisotopic (exact) mass is 189 g/mol. The third kappa shape index (κ3) is 1.86. The van der Waals surface area contributed by atoms with Crippen LogP contribution in [0.15, 0.2) is 43.0 Å². The first-order chi connectivity index (χ1) is 6.92. The zero-order valence-corrected chi connectivity index (χ0v) is 8.23. The van der Waals surface area contributed by atoms with Crippen LogP contribution in [-0.2, 0) is 4.74 Å². The van der Waals surface area contributed by atoms with Crippen LogP contribution in [0.3, 0.4) is 0 Å².